The molecule has 26 heavy (non-hydrogen) atoms. The number of phenolic OH excluding ortho intramolecular Hbond substituents is 1. The predicted molar refractivity (Wildman–Crippen MR) is 94.7 cm³/mol. The zero-order valence-corrected chi connectivity index (χ0v) is 14.1. The first-order chi connectivity index (χ1) is 12.3. The number of carbonyl (C=O) groups is 1. The quantitative estimate of drug-likeness (QED) is 0.232. The minimum atomic E-state index is -0.799. The van der Waals surface area contributed by atoms with Crippen LogP contribution in [-0.2, 0) is 4.79 Å². The maximum atomic E-state index is 12.3. The standard InChI is InChI=1S/C16H13ClN4O5/c1-9(22)15(16(24)18-12-5-3-2-4-11(12)17)20-19-13-8-10(21(25)26)6-7-14(13)23/h2-8,22-23H,1H3,(H,18,24)/b15-9-,20-19?. The van der Waals surface area contributed by atoms with Crippen molar-refractivity contribution in [2.24, 2.45) is 10.2 Å². The summed E-state index contributed by atoms with van der Waals surface area (Å²) < 4.78 is 0. The monoisotopic (exact) mass is 376 g/mol. The number of hydrogen-bond donors (Lipinski definition) is 3. The molecule has 3 N–H and O–H groups in total. The summed E-state index contributed by atoms with van der Waals surface area (Å²) in [5.41, 5.74) is -0.700. The van der Waals surface area contributed by atoms with Crippen LogP contribution >= 0.6 is 11.6 Å². The van der Waals surface area contributed by atoms with Crippen LogP contribution in [-0.4, -0.2) is 21.0 Å². The van der Waals surface area contributed by atoms with E-state index in [1.807, 2.05) is 0 Å². The van der Waals surface area contributed by atoms with Gasteiger partial charge in [-0.15, -0.1) is 10.2 Å². The summed E-state index contributed by atoms with van der Waals surface area (Å²) in [6.45, 7) is 1.22. The molecule has 0 aromatic heterocycles. The van der Waals surface area contributed by atoms with E-state index >= 15 is 0 Å². The van der Waals surface area contributed by atoms with E-state index in [0.29, 0.717) is 5.69 Å². The number of nitro benzene ring substituents is 1. The highest BCUT2D eigenvalue weighted by Gasteiger charge is 2.16. The number of nitrogens with zero attached hydrogens (tertiary/aromatic N) is 3. The number of non-ortho nitro benzene ring substituents is 1. The lowest BCUT2D eigenvalue weighted by Crippen LogP contribution is -2.14. The van der Waals surface area contributed by atoms with Crippen LogP contribution in [0.2, 0.25) is 5.02 Å². The van der Waals surface area contributed by atoms with Crippen molar-refractivity contribution in [3.63, 3.8) is 0 Å². The second-order valence-corrected chi connectivity index (χ2v) is 5.41. The van der Waals surface area contributed by atoms with Crippen molar-refractivity contribution in [2.45, 2.75) is 6.92 Å². The third kappa shape index (κ3) is 4.54. The van der Waals surface area contributed by atoms with Gasteiger partial charge in [0.2, 0.25) is 0 Å². The summed E-state index contributed by atoms with van der Waals surface area (Å²) >= 11 is 5.95. The van der Waals surface area contributed by atoms with E-state index < -0.39 is 22.3 Å². The van der Waals surface area contributed by atoms with E-state index in [1.165, 1.54) is 6.92 Å². The number of aromatic hydroxyl groups is 1. The zero-order valence-electron chi connectivity index (χ0n) is 13.4. The second kappa shape index (κ2) is 8.08. The number of aliphatic hydroxyl groups is 1. The molecule has 0 saturated heterocycles. The summed E-state index contributed by atoms with van der Waals surface area (Å²) in [7, 11) is 0. The van der Waals surface area contributed by atoms with E-state index in [2.05, 4.69) is 15.5 Å². The van der Waals surface area contributed by atoms with Crippen molar-refractivity contribution in [1.82, 2.24) is 0 Å². The van der Waals surface area contributed by atoms with Crippen molar-refractivity contribution in [3.8, 4) is 5.75 Å². The number of halogens is 1. The van der Waals surface area contributed by atoms with Crippen LogP contribution in [0, 0.1) is 10.1 Å². The number of carbonyl (C=O) groups excluding carboxylic acids is 1. The Labute approximate surface area is 152 Å². The Balaban J connectivity index is 2.29. The molecule has 2 rings (SSSR count). The predicted octanol–water partition coefficient (Wildman–Crippen LogP) is 4.47. The van der Waals surface area contributed by atoms with E-state index in [9.17, 15) is 25.1 Å². The zero-order chi connectivity index (χ0) is 19.3. The number of anilines is 1. The summed E-state index contributed by atoms with van der Waals surface area (Å²) in [5.74, 6) is -1.62. The summed E-state index contributed by atoms with van der Waals surface area (Å²) in [6, 6.07) is 9.59. The van der Waals surface area contributed by atoms with Gasteiger partial charge in [0, 0.05) is 12.1 Å². The van der Waals surface area contributed by atoms with Gasteiger partial charge in [-0.1, -0.05) is 23.7 Å². The van der Waals surface area contributed by atoms with Crippen molar-refractivity contribution < 1.29 is 19.9 Å². The number of phenols is 1. The highest BCUT2D eigenvalue weighted by atomic mass is 35.5. The molecule has 0 saturated carbocycles. The van der Waals surface area contributed by atoms with Gasteiger partial charge >= 0.3 is 0 Å². The molecule has 0 heterocycles. The molecule has 0 spiro atoms. The van der Waals surface area contributed by atoms with Gasteiger partial charge < -0.3 is 15.5 Å². The SMILES string of the molecule is C/C(O)=C(/N=Nc1cc([N+](=O)[O-])ccc1O)C(=O)Nc1ccccc1Cl. The minimum absolute atomic E-state index is 0.233. The Morgan fingerprint density at radius 2 is 1.96 bits per heavy atom. The highest BCUT2D eigenvalue weighted by molar-refractivity contribution is 6.33. The molecule has 0 aliphatic rings. The summed E-state index contributed by atoms with van der Waals surface area (Å²) in [4.78, 5) is 22.4. The maximum absolute atomic E-state index is 12.3. The number of azo groups is 1. The van der Waals surface area contributed by atoms with Crippen molar-refractivity contribution in [1.29, 1.82) is 0 Å². The first kappa shape index (κ1) is 18.9. The fourth-order valence-corrected chi connectivity index (χ4v) is 2.02. The molecular weight excluding hydrogens is 364 g/mol. The Hall–Kier alpha value is -3.46. The lowest BCUT2D eigenvalue weighted by atomic mass is 10.2. The molecule has 1 amide bonds. The number of amides is 1. The number of nitro groups is 1. The molecule has 0 aliphatic carbocycles. The van der Waals surface area contributed by atoms with Gasteiger partial charge in [0.15, 0.2) is 5.70 Å². The van der Waals surface area contributed by atoms with E-state index in [0.717, 1.165) is 18.2 Å². The number of benzene rings is 2. The van der Waals surface area contributed by atoms with Gasteiger partial charge in [0.25, 0.3) is 11.6 Å². The van der Waals surface area contributed by atoms with Crippen LogP contribution < -0.4 is 5.32 Å². The van der Waals surface area contributed by atoms with Crippen LogP contribution in [0.3, 0.4) is 0 Å². The topological polar surface area (TPSA) is 137 Å². The number of allylic oxidation sites excluding steroid dienone is 1. The van der Waals surface area contributed by atoms with E-state index in [-0.39, 0.29) is 22.1 Å². The number of aliphatic hydroxyl groups excluding tert-OH is 1. The summed E-state index contributed by atoms with van der Waals surface area (Å²) in [6.07, 6.45) is 0. The fraction of sp³-hybridized carbons (Fsp3) is 0.0625. The minimum Gasteiger partial charge on any atom is -0.510 e. The maximum Gasteiger partial charge on any atom is 0.279 e. The molecule has 9 nitrogen and oxygen atoms in total. The van der Waals surface area contributed by atoms with Crippen molar-refractivity contribution >= 4 is 34.6 Å². The van der Waals surface area contributed by atoms with Crippen LogP contribution in [0.4, 0.5) is 17.1 Å². The number of hydrogen-bond acceptors (Lipinski definition) is 7. The molecule has 0 aliphatic heterocycles. The van der Waals surface area contributed by atoms with Crippen LogP contribution in [0.25, 0.3) is 0 Å². The van der Waals surface area contributed by atoms with Crippen LogP contribution in [0.1, 0.15) is 6.92 Å². The third-order valence-electron chi connectivity index (χ3n) is 3.11. The molecule has 0 unspecified atom stereocenters. The largest absolute Gasteiger partial charge is 0.510 e. The lowest BCUT2D eigenvalue weighted by Gasteiger charge is -2.07. The first-order valence-corrected chi connectivity index (χ1v) is 7.52. The fourth-order valence-electron chi connectivity index (χ4n) is 1.84. The van der Waals surface area contributed by atoms with Crippen molar-refractivity contribution in [3.05, 3.63) is 69.1 Å². The number of rotatable bonds is 5. The average molecular weight is 377 g/mol. The van der Waals surface area contributed by atoms with Gasteiger partial charge in [-0.3, -0.25) is 14.9 Å². The normalized spacial score (nSPS) is 11.9. The van der Waals surface area contributed by atoms with Gasteiger partial charge in [0.05, 0.1) is 15.6 Å². The molecule has 2 aromatic carbocycles. The van der Waals surface area contributed by atoms with E-state index in [4.69, 9.17) is 11.6 Å². The van der Waals surface area contributed by atoms with E-state index in [1.54, 1.807) is 24.3 Å². The molecule has 10 heteroatoms. The molecular formula is C16H13ClN4O5. The highest BCUT2D eigenvalue weighted by Crippen LogP contribution is 2.31. The van der Waals surface area contributed by atoms with Gasteiger partial charge in [-0.25, -0.2) is 0 Å². The Morgan fingerprint density at radius 1 is 1.27 bits per heavy atom. The third-order valence-corrected chi connectivity index (χ3v) is 3.44. The molecule has 0 atom stereocenters. The second-order valence-electron chi connectivity index (χ2n) is 5.00. The van der Waals surface area contributed by atoms with Crippen molar-refractivity contribution in [2.75, 3.05) is 5.32 Å². The molecule has 134 valence electrons. The average Bonchev–Trinajstić information content (AvgIpc) is 2.58. The lowest BCUT2D eigenvalue weighted by molar-refractivity contribution is -0.384. The Kier molecular flexibility index (Phi) is 5.86. The molecule has 0 radical (unpaired) electrons. The molecule has 0 bridgehead atoms. The van der Waals surface area contributed by atoms with Crippen LogP contribution in [0.5, 0.6) is 5.75 Å². The Bertz CT molecular complexity index is 923. The summed E-state index contributed by atoms with van der Waals surface area (Å²) in [5, 5.41) is 40.1. The van der Waals surface area contributed by atoms with Gasteiger partial charge in [-0.05, 0) is 25.1 Å². The Morgan fingerprint density at radius 3 is 2.58 bits per heavy atom. The van der Waals surface area contributed by atoms with Crippen LogP contribution in [0.15, 0.2) is 64.1 Å². The van der Waals surface area contributed by atoms with Gasteiger partial charge in [-0.2, -0.15) is 0 Å². The smallest absolute Gasteiger partial charge is 0.279 e. The first-order valence-electron chi connectivity index (χ1n) is 7.14. The molecule has 0 fully saturated rings. The number of nitrogens with one attached hydrogen (secondary N) is 1. The molecule has 2 aromatic rings. The number of para-hydroxylation sites is 1. The van der Waals surface area contributed by atoms with Gasteiger partial charge in [0.1, 0.15) is 17.2 Å².